The lowest BCUT2D eigenvalue weighted by Gasteiger charge is -2.16. The topological polar surface area (TPSA) is 97.5 Å². The third-order valence-electron chi connectivity index (χ3n) is 2.15. The molecular formula is C10H15N3O4. The first kappa shape index (κ1) is 13.3. The van der Waals surface area contributed by atoms with E-state index < -0.39 is 4.92 Å². The number of nitro groups is 1. The van der Waals surface area contributed by atoms with Crippen LogP contribution in [0, 0.1) is 10.1 Å². The zero-order chi connectivity index (χ0) is 12.7. The second kappa shape index (κ2) is 6.77. The first-order valence-electron chi connectivity index (χ1n) is 5.14. The zero-order valence-electron chi connectivity index (χ0n) is 9.50. The van der Waals surface area contributed by atoms with Crippen molar-refractivity contribution >= 4 is 11.5 Å². The Hall–Kier alpha value is -1.73. The molecule has 1 atom stereocenters. The van der Waals surface area contributed by atoms with Crippen molar-refractivity contribution in [2.45, 2.75) is 12.5 Å². The third-order valence-corrected chi connectivity index (χ3v) is 2.15. The van der Waals surface area contributed by atoms with Crippen LogP contribution in [0.15, 0.2) is 18.3 Å². The summed E-state index contributed by atoms with van der Waals surface area (Å²) in [5.41, 5.74) is -0.0253. The van der Waals surface area contributed by atoms with Crippen LogP contribution < -0.4 is 5.32 Å². The summed E-state index contributed by atoms with van der Waals surface area (Å²) in [5.74, 6) is 0.398. The van der Waals surface area contributed by atoms with E-state index in [1.807, 2.05) is 0 Å². The molecule has 0 amide bonds. The van der Waals surface area contributed by atoms with Crippen molar-refractivity contribution < 1.29 is 14.8 Å². The molecule has 1 heterocycles. The zero-order valence-corrected chi connectivity index (χ0v) is 9.50. The van der Waals surface area contributed by atoms with Gasteiger partial charge in [0.15, 0.2) is 0 Å². The number of nitrogens with one attached hydrogen (secondary N) is 1. The van der Waals surface area contributed by atoms with Gasteiger partial charge < -0.3 is 15.2 Å². The van der Waals surface area contributed by atoms with Crippen molar-refractivity contribution in [3.05, 3.63) is 28.4 Å². The monoisotopic (exact) mass is 241 g/mol. The Kier molecular flexibility index (Phi) is 5.31. The van der Waals surface area contributed by atoms with E-state index in [9.17, 15) is 10.1 Å². The van der Waals surface area contributed by atoms with Gasteiger partial charge in [0.1, 0.15) is 5.82 Å². The van der Waals surface area contributed by atoms with E-state index in [2.05, 4.69) is 10.3 Å². The summed E-state index contributed by atoms with van der Waals surface area (Å²) in [7, 11) is 1.55. The number of aliphatic hydroxyl groups is 1. The number of aromatic nitrogens is 1. The maximum Gasteiger partial charge on any atom is 0.274 e. The predicted octanol–water partition coefficient (Wildman–Crippen LogP) is 0.799. The highest BCUT2D eigenvalue weighted by Gasteiger charge is 2.11. The van der Waals surface area contributed by atoms with Crippen LogP contribution in [0.5, 0.6) is 0 Å². The number of methoxy groups -OCH3 is 1. The Balaban J connectivity index is 2.71. The SMILES string of the molecule is COCC(CCO)Nc1cc([N+](=O)[O-])ccn1. The molecular weight excluding hydrogens is 226 g/mol. The highest BCUT2D eigenvalue weighted by Crippen LogP contribution is 2.15. The van der Waals surface area contributed by atoms with Crippen LogP contribution in [-0.2, 0) is 4.74 Å². The van der Waals surface area contributed by atoms with Crippen molar-refractivity contribution in [3.8, 4) is 0 Å². The van der Waals surface area contributed by atoms with Gasteiger partial charge in [-0.05, 0) is 6.42 Å². The molecule has 0 saturated heterocycles. The lowest BCUT2D eigenvalue weighted by Crippen LogP contribution is -2.26. The van der Waals surface area contributed by atoms with Crippen LogP contribution in [0.1, 0.15) is 6.42 Å². The summed E-state index contributed by atoms with van der Waals surface area (Å²) in [6.07, 6.45) is 1.85. The van der Waals surface area contributed by atoms with E-state index in [-0.39, 0.29) is 18.3 Å². The summed E-state index contributed by atoms with van der Waals surface area (Å²) >= 11 is 0. The second-order valence-electron chi connectivity index (χ2n) is 3.47. The minimum atomic E-state index is -0.482. The van der Waals surface area contributed by atoms with Gasteiger partial charge in [0, 0.05) is 26.0 Å². The van der Waals surface area contributed by atoms with Gasteiger partial charge in [0.05, 0.1) is 23.6 Å². The Bertz CT molecular complexity index is 366. The van der Waals surface area contributed by atoms with Gasteiger partial charge in [0.2, 0.25) is 0 Å². The Labute approximate surface area is 98.6 Å². The first-order valence-corrected chi connectivity index (χ1v) is 5.14. The van der Waals surface area contributed by atoms with Gasteiger partial charge in [-0.3, -0.25) is 10.1 Å². The molecule has 0 saturated carbocycles. The summed E-state index contributed by atoms with van der Waals surface area (Å²) in [5, 5.41) is 22.4. The fourth-order valence-electron chi connectivity index (χ4n) is 1.38. The predicted molar refractivity (Wildman–Crippen MR) is 61.9 cm³/mol. The van der Waals surface area contributed by atoms with Gasteiger partial charge in [0.25, 0.3) is 5.69 Å². The molecule has 7 nitrogen and oxygen atoms in total. The molecule has 7 heteroatoms. The van der Waals surface area contributed by atoms with Crippen LogP contribution in [0.3, 0.4) is 0 Å². The molecule has 94 valence electrons. The van der Waals surface area contributed by atoms with Crippen molar-refractivity contribution in [3.63, 3.8) is 0 Å². The lowest BCUT2D eigenvalue weighted by atomic mass is 10.2. The summed E-state index contributed by atoms with van der Waals surface area (Å²) in [4.78, 5) is 14.1. The van der Waals surface area contributed by atoms with Crippen molar-refractivity contribution in [1.29, 1.82) is 0 Å². The molecule has 0 aromatic carbocycles. The number of hydrogen-bond donors (Lipinski definition) is 2. The van der Waals surface area contributed by atoms with E-state index in [1.165, 1.54) is 18.3 Å². The fraction of sp³-hybridized carbons (Fsp3) is 0.500. The molecule has 0 aliphatic heterocycles. The van der Waals surface area contributed by atoms with Gasteiger partial charge >= 0.3 is 0 Å². The molecule has 1 unspecified atom stereocenters. The molecule has 1 aromatic rings. The van der Waals surface area contributed by atoms with Crippen molar-refractivity contribution in [1.82, 2.24) is 4.98 Å². The molecule has 0 bridgehead atoms. The average molecular weight is 241 g/mol. The van der Waals surface area contributed by atoms with Crippen molar-refractivity contribution in [2.24, 2.45) is 0 Å². The quantitative estimate of drug-likeness (QED) is 0.541. The first-order chi connectivity index (χ1) is 8.17. The number of aliphatic hydroxyl groups excluding tert-OH is 1. The normalized spacial score (nSPS) is 12.1. The molecule has 2 N–H and O–H groups in total. The molecule has 17 heavy (non-hydrogen) atoms. The molecule has 1 rings (SSSR count). The molecule has 0 aliphatic carbocycles. The number of pyridine rings is 1. The van der Waals surface area contributed by atoms with Crippen LogP contribution in [0.25, 0.3) is 0 Å². The van der Waals surface area contributed by atoms with Crippen LogP contribution in [0.2, 0.25) is 0 Å². The Morgan fingerprint density at radius 1 is 1.71 bits per heavy atom. The van der Waals surface area contributed by atoms with E-state index >= 15 is 0 Å². The highest BCUT2D eigenvalue weighted by atomic mass is 16.6. The molecule has 0 radical (unpaired) electrons. The molecule has 1 aromatic heterocycles. The van der Waals surface area contributed by atoms with Gasteiger partial charge in [-0.15, -0.1) is 0 Å². The number of hydrogen-bond acceptors (Lipinski definition) is 6. The largest absolute Gasteiger partial charge is 0.396 e. The summed E-state index contributed by atoms with van der Waals surface area (Å²) in [6, 6.07) is 2.54. The number of nitrogens with zero attached hydrogens (tertiary/aromatic N) is 2. The number of ether oxygens (including phenoxy) is 1. The van der Waals surface area contributed by atoms with Gasteiger partial charge in [-0.1, -0.05) is 0 Å². The van der Waals surface area contributed by atoms with Gasteiger partial charge in [-0.2, -0.15) is 0 Å². The average Bonchev–Trinajstić information content (AvgIpc) is 2.30. The molecule has 0 spiro atoms. The maximum absolute atomic E-state index is 10.6. The van der Waals surface area contributed by atoms with Gasteiger partial charge in [-0.25, -0.2) is 4.98 Å². The minimum Gasteiger partial charge on any atom is -0.396 e. The Morgan fingerprint density at radius 2 is 2.47 bits per heavy atom. The smallest absolute Gasteiger partial charge is 0.274 e. The summed E-state index contributed by atoms with van der Waals surface area (Å²) < 4.78 is 4.97. The van der Waals surface area contributed by atoms with Crippen molar-refractivity contribution in [2.75, 3.05) is 25.6 Å². The number of anilines is 1. The molecule has 0 fully saturated rings. The molecule has 0 aliphatic rings. The van der Waals surface area contributed by atoms with Crippen LogP contribution in [0.4, 0.5) is 11.5 Å². The summed E-state index contributed by atoms with van der Waals surface area (Å²) in [6.45, 7) is 0.404. The van der Waals surface area contributed by atoms with E-state index in [1.54, 1.807) is 7.11 Å². The Morgan fingerprint density at radius 3 is 3.06 bits per heavy atom. The standard InChI is InChI=1S/C10H15N3O4/c1-17-7-8(3-5-14)12-10-6-9(13(15)16)2-4-11-10/h2,4,6,8,14H,3,5,7H2,1H3,(H,11,12). The number of rotatable bonds is 7. The highest BCUT2D eigenvalue weighted by molar-refractivity contribution is 5.44. The van der Waals surface area contributed by atoms with Crippen LogP contribution in [-0.4, -0.2) is 41.4 Å². The second-order valence-corrected chi connectivity index (χ2v) is 3.47. The third kappa shape index (κ3) is 4.33. The fourth-order valence-corrected chi connectivity index (χ4v) is 1.38. The maximum atomic E-state index is 10.6. The van der Waals surface area contributed by atoms with E-state index in [4.69, 9.17) is 9.84 Å². The van der Waals surface area contributed by atoms with E-state index in [0.717, 1.165) is 0 Å². The van der Waals surface area contributed by atoms with Crippen LogP contribution >= 0.6 is 0 Å². The van der Waals surface area contributed by atoms with E-state index in [0.29, 0.717) is 18.8 Å². The minimum absolute atomic E-state index is 0.00987. The lowest BCUT2D eigenvalue weighted by molar-refractivity contribution is -0.384.